The van der Waals surface area contributed by atoms with Gasteiger partial charge in [0.1, 0.15) is 12.4 Å². The molecule has 2 atom stereocenters. The molecule has 0 fully saturated rings. The fraction of sp³-hybridized carbons (Fsp3) is 0.353. The summed E-state index contributed by atoms with van der Waals surface area (Å²) in [4.78, 5) is 20.3. The Morgan fingerprint density at radius 1 is 1.35 bits per heavy atom. The van der Waals surface area contributed by atoms with Crippen molar-refractivity contribution in [3.05, 3.63) is 48.5 Å². The summed E-state index contributed by atoms with van der Waals surface area (Å²) in [6.07, 6.45) is 4.39. The number of aromatic amines is 1. The average Bonchev–Trinajstić information content (AvgIpc) is 3.20. The van der Waals surface area contributed by atoms with E-state index in [4.69, 9.17) is 0 Å². The van der Waals surface area contributed by atoms with Crippen molar-refractivity contribution in [2.24, 2.45) is 5.92 Å². The smallest absolute Gasteiger partial charge is 0.242 e. The van der Waals surface area contributed by atoms with Gasteiger partial charge in [-0.25, -0.2) is 4.98 Å². The molecule has 2 aromatic heterocycles. The Kier molecular flexibility index (Phi) is 4.41. The van der Waals surface area contributed by atoms with E-state index in [1.807, 2.05) is 24.3 Å². The number of imidazole rings is 1. The minimum absolute atomic E-state index is 0.0699. The van der Waals surface area contributed by atoms with Gasteiger partial charge in [-0.3, -0.25) is 9.48 Å². The summed E-state index contributed by atoms with van der Waals surface area (Å²) in [7, 11) is 0. The number of H-pyrrole nitrogens is 1. The molecule has 6 heteroatoms. The Balaban J connectivity index is 1.81. The van der Waals surface area contributed by atoms with E-state index in [1.54, 1.807) is 23.1 Å². The van der Waals surface area contributed by atoms with Gasteiger partial charge in [-0.05, 0) is 24.1 Å². The maximum atomic E-state index is 12.3. The Bertz CT molecular complexity index is 744. The average molecular weight is 311 g/mol. The molecular formula is C17H21N5O. The highest BCUT2D eigenvalue weighted by Crippen LogP contribution is 2.24. The number of nitrogens with zero attached hydrogens (tertiary/aromatic N) is 3. The predicted molar refractivity (Wildman–Crippen MR) is 88.7 cm³/mol. The van der Waals surface area contributed by atoms with E-state index in [0.29, 0.717) is 0 Å². The van der Waals surface area contributed by atoms with Crippen LogP contribution in [0.2, 0.25) is 0 Å². The molecule has 2 heterocycles. The van der Waals surface area contributed by atoms with Gasteiger partial charge in [0, 0.05) is 12.4 Å². The molecule has 0 spiro atoms. The van der Waals surface area contributed by atoms with Gasteiger partial charge in [0.05, 0.1) is 17.1 Å². The summed E-state index contributed by atoms with van der Waals surface area (Å²) in [5.74, 6) is 1.01. The zero-order valence-electron chi connectivity index (χ0n) is 13.4. The van der Waals surface area contributed by atoms with Gasteiger partial charge in [-0.15, -0.1) is 0 Å². The number of benzene rings is 1. The van der Waals surface area contributed by atoms with E-state index >= 15 is 0 Å². The first-order chi connectivity index (χ1) is 11.2. The molecular weight excluding hydrogens is 290 g/mol. The van der Waals surface area contributed by atoms with E-state index in [1.165, 1.54) is 0 Å². The molecule has 0 aliphatic rings. The Labute approximate surface area is 134 Å². The maximum Gasteiger partial charge on any atom is 0.242 e. The van der Waals surface area contributed by atoms with Crippen molar-refractivity contribution in [1.82, 2.24) is 25.1 Å². The van der Waals surface area contributed by atoms with Gasteiger partial charge in [-0.1, -0.05) is 32.4 Å². The molecule has 0 radical (unpaired) electrons. The summed E-state index contributed by atoms with van der Waals surface area (Å²) in [6, 6.07) is 9.55. The number of nitrogens with one attached hydrogen (secondary N) is 2. The summed E-state index contributed by atoms with van der Waals surface area (Å²) in [5.41, 5.74) is 1.90. The molecule has 0 saturated heterocycles. The molecule has 0 saturated carbocycles. The number of rotatable bonds is 6. The molecule has 23 heavy (non-hydrogen) atoms. The zero-order valence-corrected chi connectivity index (χ0v) is 13.4. The van der Waals surface area contributed by atoms with E-state index in [0.717, 1.165) is 23.3 Å². The van der Waals surface area contributed by atoms with Crippen LogP contribution < -0.4 is 5.32 Å². The third-order valence-corrected chi connectivity index (χ3v) is 4.10. The molecule has 3 rings (SSSR count). The van der Waals surface area contributed by atoms with Crippen molar-refractivity contribution in [2.75, 3.05) is 0 Å². The van der Waals surface area contributed by atoms with E-state index in [2.05, 4.69) is 34.2 Å². The first-order valence-electron chi connectivity index (χ1n) is 7.88. The number of carbonyl (C=O) groups excluding carboxylic acids is 1. The van der Waals surface area contributed by atoms with Gasteiger partial charge < -0.3 is 10.3 Å². The van der Waals surface area contributed by atoms with Gasteiger partial charge in [0.2, 0.25) is 5.91 Å². The molecule has 6 nitrogen and oxygen atoms in total. The molecule has 3 aromatic rings. The second-order valence-corrected chi connectivity index (χ2v) is 5.77. The fourth-order valence-corrected chi connectivity index (χ4v) is 2.60. The Morgan fingerprint density at radius 2 is 2.17 bits per heavy atom. The van der Waals surface area contributed by atoms with Crippen LogP contribution in [0.1, 0.15) is 32.1 Å². The minimum Gasteiger partial charge on any atom is -0.344 e. The third-order valence-electron chi connectivity index (χ3n) is 4.10. The third kappa shape index (κ3) is 3.41. The van der Waals surface area contributed by atoms with Crippen LogP contribution in [0.15, 0.2) is 42.7 Å². The van der Waals surface area contributed by atoms with Gasteiger partial charge in [0.25, 0.3) is 0 Å². The quantitative estimate of drug-likeness (QED) is 0.735. The van der Waals surface area contributed by atoms with Crippen molar-refractivity contribution in [3.63, 3.8) is 0 Å². The lowest BCUT2D eigenvalue weighted by atomic mass is 9.98. The molecule has 2 unspecified atom stereocenters. The number of para-hydroxylation sites is 2. The van der Waals surface area contributed by atoms with E-state index in [9.17, 15) is 4.79 Å². The molecule has 0 bridgehead atoms. The number of hydrogen-bond acceptors (Lipinski definition) is 3. The second kappa shape index (κ2) is 6.64. The number of hydrogen-bond donors (Lipinski definition) is 2. The molecule has 1 aromatic carbocycles. The number of fused-ring (bicyclic) bond motifs is 1. The van der Waals surface area contributed by atoms with Crippen LogP contribution in [-0.2, 0) is 11.3 Å². The van der Waals surface area contributed by atoms with Crippen molar-refractivity contribution >= 4 is 16.9 Å². The molecule has 2 N–H and O–H groups in total. The lowest BCUT2D eigenvalue weighted by Gasteiger charge is -2.22. The Hall–Kier alpha value is -2.63. The van der Waals surface area contributed by atoms with Crippen LogP contribution in [0.4, 0.5) is 0 Å². The summed E-state index contributed by atoms with van der Waals surface area (Å²) in [6.45, 7) is 4.44. The molecule has 0 aliphatic heterocycles. The largest absolute Gasteiger partial charge is 0.344 e. The van der Waals surface area contributed by atoms with Crippen LogP contribution >= 0.6 is 0 Å². The van der Waals surface area contributed by atoms with Crippen molar-refractivity contribution in [3.8, 4) is 0 Å². The van der Waals surface area contributed by atoms with Gasteiger partial charge in [0.15, 0.2) is 0 Å². The molecule has 0 aliphatic carbocycles. The van der Waals surface area contributed by atoms with Crippen molar-refractivity contribution in [1.29, 1.82) is 0 Å². The topological polar surface area (TPSA) is 75.6 Å². The lowest BCUT2D eigenvalue weighted by Crippen LogP contribution is -2.35. The monoisotopic (exact) mass is 311 g/mol. The summed E-state index contributed by atoms with van der Waals surface area (Å²) < 4.78 is 1.61. The van der Waals surface area contributed by atoms with Crippen molar-refractivity contribution < 1.29 is 4.79 Å². The van der Waals surface area contributed by atoms with Gasteiger partial charge in [-0.2, -0.15) is 5.10 Å². The number of amides is 1. The minimum atomic E-state index is -0.143. The Morgan fingerprint density at radius 3 is 2.87 bits per heavy atom. The predicted octanol–water partition coefficient (Wildman–Crippen LogP) is 2.66. The van der Waals surface area contributed by atoms with E-state index in [-0.39, 0.29) is 24.4 Å². The summed E-state index contributed by atoms with van der Waals surface area (Å²) in [5, 5.41) is 7.16. The maximum absolute atomic E-state index is 12.3. The van der Waals surface area contributed by atoms with Crippen LogP contribution in [0.25, 0.3) is 11.0 Å². The van der Waals surface area contributed by atoms with Crippen LogP contribution in [0.5, 0.6) is 0 Å². The van der Waals surface area contributed by atoms with Crippen LogP contribution in [-0.4, -0.2) is 25.7 Å². The highest BCUT2D eigenvalue weighted by molar-refractivity contribution is 5.77. The molecule has 1 amide bonds. The van der Waals surface area contributed by atoms with Gasteiger partial charge >= 0.3 is 0 Å². The SMILES string of the molecule is CCC(C)C(NC(=O)Cn1cccn1)c1nc2ccccc2[nH]1. The standard InChI is InChI=1S/C17H21N5O/c1-3-12(2)16(21-15(23)11-22-10-6-9-18-22)17-19-13-7-4-5-8-14(13)20-17/h4-10,12,16H,3,11H2,1-2H3,(H,19,20)(H,21,23). The zero-order chi connectivity index (χ0) is 16.2. The second-order valence-electron chi connectivity index (χ2n) is 5.77. The fourth-order valence-electron chi connectivity index (χ4n) is 2.60. The normalized spacial score (nSPS) is 13.8. The first-order valence-corrected chi connectivity index (χ1v) is 7.88. The van der Waals surface area contributed by atoms with Crippen LogP contribution in [0.3, 0.4) is 0 Å². The van der Waals surface area contributed by atoms with E-state index < -0.39 is 0 Å². The molecule has 120 valence electrons. The first kappa shape index (κ1) is 15.3. The number of aromatic nitrogens is 4. The van der Waals surface area contributed by atoms with Crippen LogP contribution in [0, 0.1) is 5.92 Å². The number of carbonyl (C=O) groups is 1. The highest BCUT2D eigenvalue weighted by Gasteiger charge is 2.23. The summed E-state index contributed by atoms with van der Waals surface area (Å²) >= 11 is 0. The van der Waals surface area contributed by atoms with Crippen molar-refractivity contribution in [2.45, 2.75) is 32.9 Å². The highest BCUT2D eigenvalue weighted by atomic mass is 16.2. The lowest BCUT2D eigenvalue weighted by molar-refractivity contribution is -0.123.